The topological polar surface area (TPSA) is 86.1 Å². The SMILES string of the molecule is COC(=O)CSc1nc2n(n1)[C@@H](c1cc(F)cc(F)c1)[C@@H]1C(=O)CCC=C1N2. The molecular weight excluding hydrogens is 390 g/mol. The van der Waals surface area contributed by atoms with Gasteiger partial charge in [-0.05, 0) is 24.1 Å². The molecular formula is C18H16F2N4O3S. The highest BCUT2D eigenvalue weighted by Crippen LogP contribution is 2.42. The Morgan fingerprint density at radius 3 is 2.82 bits per heavy atom. The minimum atomic E-state index is -0.736. The summed E-state index contributed by atoms with van der Waals surface area (Å²) in [6.07, 6.45) is 2.83. The van der Waals surface area contributed by atoms with Gasteiger partial charge in [0, 0.05) is 18.2 Å². The number of nitrogens with zero attached hydrogens (tertiary/aromatic N) is 3. The number of halogens is 2. The molecule has 0 bridgehead atoms. The van der Waals surface area contributed by atoms with E-state index in [1.165, 1.54) is 23.9 Å². The molecule has 0 saturated heterocycles. The van der Waals surface area contributed by atoms with Gasteiger partial charge in [0.05, 0.1) is 24.8 Å². The molecule has 28 heavy (non-hydrogen) atoms. The molecule has 1 aromatic heterocycles. The summed E-state index contributed by atoms with van der Waals surface area (Å²) in [4.78, 5) is 28.4. The summed E-state index contributed by atoms with van der Waals surface area (Å²) in [6, 6.07) is 2.45. The average molecular weight is 406 g/mol. The van der Waals surface area contributed by atoms with Crippen molar-refractivity contribution >= 4 is 29.5 Å². The van der Waals surface area contributed by atoms with Crippen LogP contribution in [0.2, 0.25) is 0 Å². The molecule has 0 fully saturated rings. The highest BCUT2D eigenvalue weighted by atomic mass is 32.2. The Bertz CT molecular complexity index is 971. The van der Waals surface area contributed by atoms with Gasteiger partial charge in [-0.25, -0.2) is 13.5 Å². The van der Waals surface area contributed by atoms with Crippen LogP contribution in [0.1, 0.15) is 24.4 Å². The number of methoxy groups -OCH3 is 1. The third-order valence-corrected chi connectivity index (χ3v) is 5.47. The van der Waals surface area contributed by atoms with Gasteiger partial charge in [-0.15, -0.1) is 5.10 Å². The molecule has 2 heterocycles. The smallest absolute Gasteiger partial charge is 0.316 e. The predicted molar refractivity (Wildman–Crippen MR) is 96.7 cm³/mol. The lowest BCUT2D eigenvalue weighted by atomic mass is 9.81. The largest absolute Gasteiger partial charge is 0.468 e. The average Bonchev–Trinajstić information content (AvgIpc) is 3.06. The van der Waals surface area contributed by atoms with E-state index in [0.29, 0.717) is 35.2 Å². The van der Waals surface area contributed by atoms with Crippen LogP contribution in [-0.2, 0) is 14.3 Å². The number of rotatable bonds is 4. The van der Waals surface area contributed by atoms with E-state index in [2.05, 4.69) is 20.1 Å². The minimum absolute atomic E-state index is 0.0181. The molecule has 1 N–H and O–H groups in total. The number of benzene rings is 1. The molecule has 0 amide bonds. The molecule has 1 aliphatic heterocycles. The van der Waals surface area contributed by atoms with E-state index in [1.54, 1.807) is 0 Å². The van der Waals surface area contributed by atoms with E-state index in [0.717, 1.165) is 17.8 Å². The summed E-state index contributed by atoms with van der Waals surface area (Å²) in [5.74, 6) is -2.20. The van der Waals surface area contributed by atoms with Crippen LogP contribution in [0.5, 0.6) is 0 Å². The van der Waals surface area contributed by atoms with Crippen molar-refractivity contribution in [1.82, 2.24) is 14.8 Å². The summed E-state index contributed by atoms with van der Waals surface area (Å²) in [5.41, 5.74) is 0.941. The maximum atomic E-state index is 13.9. The van der Waals surface area contributed by atoms with Gasteiger partial charge in [0.15, 0.2) is 0 Å². The molecule has 10 heteroatoms. The van der Waals surface area contributed by atoms with Crippen LogP contribution in [-0.4, -0.2) is 39.4 Å². The van der Waals surface area contributed by atoms with Crippen molar-refractivity contribution in [3.8, 4) is 0 Å². The molecule has 4 rings (SSSR count). The number of fused-ring (bicyclic) bond motifs is 2. The number of nitrogens with one attached hydrogen (secondary N) is 1. The Kier molecular flexibility index (Phi) is 4.88. The van der Waals surface area contributed by atoms with E-state index < -0.39 is 29.6 Å². The minimum Gasteiger partial charge on any atom is -0.468 e. The number of carbonyl (C=O) groups excluding carboxylic acids is 2. The number of anilines is 1. The van der Waals surface area contributed by atoms with Gasteiger partial charge in [-0.1, -0.05) is 17.8 Å². The van der Waals surface area contributed by atoms with Crippen molar-refractivity contribution in [2.75, 3.05) is 18.2 Å². The zero-order valence-corrected chi connectivity index (χ0v) is 15.6. The zero-order valence-electron chi connectivity index (χ0n) is 14.8. The zero-order chi connectivity index (χ0) is 19.8. The molecule has 0 saturated carbocycles. The number of carbonyl (C=O) groups is 2. The summed E-state index contributed by atoms with van der Waals surface area (Å²) in [7, 11) is 1.29. The van der Waals surface area contributed by atoms with E-state index in [9.17, 15) is 18.4 Å². The molecule has 7 nitrogen and oxygen atoms in total. The van der Waals surface area contributed by atoms with Gasteiger partial charge in [0.25, 0.3) is 0 Å². The standard InChI is InChI=1S/C18H16F2N4O3S/c1-27-14(26)8-28-18-22-17-21-12-3-2-4-13(25)15(12)16(24(17)23-18)9-5-10(19)7-11(20)6-9/h3,5-7,15-16H,2,4,8H2,1H3,(H,21,22,23)/t15-,16-/m0/s1. The number of ether oxygens (including phenoxy) is 1. The molecule has 1 aromatic carbocycles. The molecule has 2 aromatic rings. The highest BCUT2D eigenvalue weighted by Gasteiger charge is 2.42. The van der Waals surface area contributed by atoms with Crippen LogP contribution in [0.3, 0.4) is 0 Å². The fraction of sp³-hybridized carbons (Fsp3) is 0.333. The van der Waals surface area contributed by atoms with Crippen LogP contribution in [0.4, 0.5) is 14.7 Å². The normalized spacial score (nSPS) is 20.7. The van der Waals surface area contributed by atoms with Crippen molar-refractivity contribution in [1.29, 1.82) is 0 Å². The van der Waals surface area contributed by atoms with Crippen LogP contribution in [0, 0.1) is 17.6 Å². The summed E-state index contributed by atoms with van der Waals surface area (Å²) >= 11 is 1.07. The molecule has 2 aliphatic rings. The second-order valence-electron chi connectivity index (χ2n) is 6.44. The van der Waals surface area contributed by atoms with Crippen LogP contribution < -0.4 is 5.32 Å². The number of aromatic nitrogens is 3. The van der Waals surface area contributed by atoms with Gasteiger partial charge in [0.2, 0.25) is 11.1 Å². The molecule has 2 atom stereocenters. The van der Waals surface area contributed by atoms with Crippen molar-refractivity contribution in [2.45, 2.75) is 24.0 Å². The lowest BCUT2D eigenvalue weighted by molar-refractivity contribution is -0.137. The number of allylic oxidation sites excluding steroid dienone is 2. The van der Waals surface area contributed by atoms with Gasteiger partial charge in [-0.3, -0.25) is 9.59 Å². The summed E-state index contributed by atoms with van der Waals surface area (Å²) < 4.78 is 33.8. The summed E-state index contributed by atoms with van der Waals surface area (Å²) in [6.45, 7) is 0. The van der Waals surface area contributed by atoms with E-state index >= 15 is 0 Å². The number of thioether (sulfide) groups is 1. The number of esters is 1. The second-order valence-corrected chi connectivity index (χ2v) is 7.38. The van der Waals surface area contributed by atoms with E-state index in [1.807, 2.05) is 6.08 Å². The van der Waals surface area contributed by atoms with E-state index in [-0.39, 0.29) is 11.5 Å². The second kappa shape index (κ2) is 7.34. The molecule has 0 radical (unpaired) electrons. The predicted octanol–water partition coefficient (Wildman–Crippen LogP) is 2.70. The Morgan fingerprint density at radius 1 is 1.36 bits per heavy atom. The van der Waals surface area contributed by atoms with Gasteiger partial charge >= 0.3 is 5.97 Å². The Hall–Kier alpha value is -2.75. The van der Waals surface area contributed by atoms with Crippen molar-refractivity contribution in [3.05, 3.63) is 47.2 Å². The van der Waals surface area contributed by atoms with Gasteiger partial charge < -0.3 is 10.1 Å². The number of Topliss-reactive ketones (excluding diaryl/α,β-unsaturated/α-hetero) is 1. The van der Waals surface area contributed by atoms with Crippen molar-refractivity contribution in [2.24, 2.45) is 5.92 Å². The maximum Gasteiger partial charge on any atom is 0.316 e. The van der Waals surface area contributed by atoms with Gasteiger partial charge in [0.1, 0.15) is 17.4 Å². The fourth-order valence-corrected chi connectivity index (χ4v) is 4.14. The first-order chi connectivity index (χ1) is 13.5. The third kappa shape index (κ3) is 3.39. The first-order valence-corrected chi connectivity index (χ1v) is 9.57. The van der Waals surface area contributed by atoms with Crippen LogP contribution >= 0.6 is 11.8 Å². The Morgan fingerprint density at radius 2 is 2.11 bits per heavy atom. The molecule has 1 aliphatic carbocycles. The van der Waals surface area contributed by atoms with Crippen LogP contribution in [0.15, 0.2) is 35.1 Å². The monoisotopic (exact) mass is 406 g/mol. The molecule has 146 valence electrons. The Labute approximate surface area is 163 Å². The lowest BCUT2D eigenvalue weighted by Gasteiger charge is -2.36. The number of ketones is 1. The molecule has 0 spiro atoms. The third-order valence-electron chi connectivity index (χ3n) is 4.66. The van der Waals surface area contributed by atoms with Crippen molar-refractivity contribution in [3.63, 3.8) is 0 Å². The highest BCUT2D eigenvalue weighted by molar-refractivity contribution is 7.99. The van der Waals surface area contributed by atoms with Gasteiger partial charge in [-0.2, -0.15) is 4.98 Å². The quantitative estimate of drug-likeness (QED) is 0.617. The first-order valence-electron chi connectivity index (χ1n) is 8.58. The lowest BCUT2D eigenvalue weighted by Crippen LogP contribution is -2.38. The number of hydrogen-bond acceptors (Lipinski definition) is 7. The van der Waals surface area contributed by atoms with Crippen molar-refractivity contribution < 1.29 is 23.1 Å². The Balaban J connectivity index is 1.79. The fourth-order valence-electron chi connectivity index (χ4n) is 3.48. The number of hydrogen-bond donors (Lipinski definition) is 1. The molecule has 0 unspecified atom stereocenters. The van der Waals surface area contributed by atoms with Crippen LogP contribution in [0.25, 0.3) is 0 Å². The summed E-state index contributed by atoms with van der Waals surface area (Å²) in [5, 5.41) is 7.76. The first kappa shape index (κ1) is 18.6. The van der Waals surface area contributed by atoms with E-state index in [4.69, 9.17) is 0 Å². The maximum absolute atomic E-state index is 13.9.